The molecule has 1 aromatic rings. The van der Waals surface area contributed by atoms with Crippen molar-refractivity contribution < 1.29 is 4.79 Å². The van der Waals surface area contributed by atoms with Crippen LogP contribution in [-0.2, 0) is 17.9 Å². The van der Waals surface area contributed by atoms with E-state index in [9.17, 15) is 4.79 Å². The Balaban J connectivity index is 1.90. The van der Waals surface area contributed by atoms with E-state index in [0.717, 1.165) is 38.0 Å². The molecule has 2 rings (SSSR count). The standard InChI is InChI=1S/C16H25N3O/c1-3-19(4-2)12-14-7-5-6-13(10-14)11-18-15(20)16(17)8-9-16/h5-7,10H,3-4,8-9,11-12,17H2,1-2H3,(H,18,20). The minimum atomic E-state index is -0.584. The fraction of sp³-hybridized carbons (Fsp3) is 0.562. The molecule has 1 amide bonds. The number of nitrogens with two attached hydrogens (primary N) is 1. The van der Waals surface area contributed by atoms with Crippen LogP contribution >= 0.6 is 0 Å². The third kappa shape index (κ3) is 3.81. The number of amides is 1. The molecular formula is C16H25N3O. The lowest BCUT2D eigenvalue weighted by Gasteiger charge is -2.18. The molecule has 1 aliphatic carbocycles. The van der Waals surface area contributed by atoms with Gasteiger partial charge in [0, 0.05) is 13.1 Å². The van der Waals surface area contributed by atoms with Crippen molar-refractivity contribution in [3.63, 3.8) is 0 Å². The normalized spacial score (nSPS) is 16.2. The van der Waals surface area contributed by atoms with Gasteiger partial charge < -0.3 is 11.1 Å². The van der Waals surface area contributed by atoms with Crippen LogP contribution < -0.4 is 11.1 Å². The summed E-state index contributed by atoms with van der Waals surface area (Å²) >= 11 is 0. The number of benzene rings is 1. The summed E-state index contributed by atoms with van der Waals surface area (Å²) in [6.07, 6.45) is 1.61. The molecule has 0 heterocycles. The zero-order valence-electron chi connectivity index (χ0n) is 12.5. The molecule has 3 N–H and O–H groups in total. The second-order valence-corrected chi connectivity index (χ2v) is 5.62. The van der Waals surface area contributed by atoms with Gasteiger partial charge in [-0.05, 0) is 37.1 Å². The van der Waals surface area contributed by atoms with Crippen LogP contribution in [0.25, 0.3) is 0 Å². The second-order valence-electron chi connectivity index (χ2n) is 5.62. The first-order chi connectivity index (χ1) is 9.57. The first kappa shape index (κ1) is 15.0. The van der Waals surface area contributed by atoms with Gasteiger partial charge in [-0.1, -0.05) is 38.1 Å². The van der Waals surface area contributed by atoms with Crippen molar-refractivity contribution in [3.05, 3.63) is 35.4 Å². The van der Waals surface area contributed by atoms with E-state index in [1.165, 1.54) is 5.56 Å². The lowest BCUT2D eigenvalue weighted by atomic mass is 10.1. The number of hydrogen-bond acceptors (Lipinski definition) is 3. The van der Waals surface area contributed by atoms with E-state index in [1.807, 2.05) is 6.07 Å². The highest BCUT2D eigenvalue weighted by Crippen LogP contribution is 2.32. The highest BCUT2D eigenvalue weighted by Gasteiger charge is 2.45. The van der Waals surface area contributed by atoms with Crippen LogP contribution in [0.3, 0.4) is 0 Å². The van der Waals surface area contributed by atoms with Crippen LogP contribution in [0.15, 0.2) is 24.3 Å². The summed E-state index contributed by atoms with van der Waals surface area (Å²) in [7, 11) is 0. The van der Waals surface area contributed by atoms with Gasteiger partial charge in [0.1, 0.15) is 0 Å². The molecule has 0 atom stereocenters. The zero-order chi connectivity index (χ0) is 14.6. The van der Waals surface area contributed by atoms with Crippen LogP contribution in [0.2, 0.25) is 0 Å². The van der Waals surface area contributed by atoms with Gasteiger partial charge in [-0.15, -0.1) is 0 Å². The number of hydrogen-bond donors (Lipinski definition) is 2. The van der Waals surface area contributed by atoms with Crippen molar-refractivity contribution in [2.45, 2.75) is 45.3 Å². The van der Waals surface area contributed by atoms with Crippen LogP contribution in [0.4, 0.5) is 0 Å². The fourth-order valence-corrected chi connectivity index (χ4v) is 2.26. The van der Waals surface area contributed by atoms with Gasteiger partial charge in [0.05, 0.1) is 5.54 Å². The van der Waals surface area contributed by atoms with Gasteiger partial charge in [-0.2, -0.15) is 0 Å². The Morgan fingerprint density at radius 2 is 1.95 bits per heavy atom. The highest BCUT2D eigenvalue weighted by atomic mass is 16.2. The summed E-state index contributed by atoms with van der Waals surface area (Å²) in [5.74, 6) is -0.0216. The molecule has 0 bridgehead atoms. The summed E-state index contributed by atoms with van der Waals surface area (Å²) in [5.41, 5.74) is 7.70. The quantitative estimate of drug-likeness (QED) is 0.795. The van der Waals surface area contributed by atoms with E-state index in [1.54, 1.807) is 0 Å². The van der Waals surface area contributed by atoms with Crippen molar-refractivity contribution in [1.29, 1.82) is 0 Å². The first-order valence-electron chi connectivity index (χ1n) is 7.44. The molecule has 0 unspecified atom stereocenters. The topological polar surface area (TPSA) is 58.4 Å². The molecule has 0 radical (unpaired) electrons. The maximum absolute atomic E-state index is 11.8. The molecule has 4 nitrogen and oxygen atoms in total. The lowest BCUT2D eigenvalue weighted by Crippen LogP contribution is -2.42. The van der Waals surface area contributed by atoms with Crippen LogP contribution in [0, 0.1) is 0 Å². The molecule has 1 saturated carbocycles. The molecule has 4 heteroatoms. The maximum atomic E-state index is 11.8. The predicted octanol–water partition coefficient (Wildman–Crippen LogP) is 1.64. The molecule has 1 aromatic carbocycles. The molecule has 20 heavy (non-hydrogen) atoms. The summed E-state index contributed by atoms with van der Waals surface area (Å²) in [5, 5.41) is 2.93. The Hall–Kier alpha value is -1.39. The van der Waals surface area contributed by atoms with Gasteiger partial charge in [-0.3, -0.25) is 9.69 Å². The van der Waals surface area contributed by atoms with Crippen molar-refractivity contribution in [2.24, 2.45) is 5.73 Å². The number of carbonyl (C=O) groups is 1. The van der Waals surface area contributed by atoms with E-state index in [-0.39, 0.29) is 5.91 Å². The Kier molecular flexibility index (Phi) is 4.78. The number of rotatable bonds is 7. The molecule has 0 spiro atoms. The minimum Gasteiger partial charge on any atom is -0.350 e. The molecule has 110 valence electrons. The lowest BCUT2D eigenvalue weighted by molar-refractivity contribution is -0.123. The smallest absolute Gasteiger partial charge is 0.240 e. The van der Waals surface area contributed by atoms with Crippen LogP contribution in [-0.4, -0.2) is 29.4 Å². The molecule has 1 fully saturated rings. The van der Waals surface area contributed by atoms with E-state index in [0.29, 0.717) is 6.54 Å². The Morgan fingerprint density at radius 3 is 2.55 bits per heavy atom. The SMILES string of the molecule is CCN(CC)Cc1cccc(CNC(=O)C2(N)CC2)c1. The highest BCUT2D eigenvalue weighted by molar-refractivity contribution is 5.88. The third-order valence-electron chi connectivity index (χ3n) is 3.99. The van der Waals surface area contributed by atoms with Gasteiger partial charge in [0.2, 0.25) is 5.91 Å². The number of nitrogens with one attached hydrogen (secondary N) is 1. The Bertz CT molecular complexity index is 465. The Morgan fingerprint density at radius 1 is 1.30 bits per heavy atom. The minimum absolute atomic E-state index is 0.0216. The second kappa shape index (κ2) is 6.37. The number of nitrogens with zero attached hydrogens (tertiary/aromatic N) is 1. The van der Waals surface area contributed by atoms with Crippen molar-refractivity contribution >= 4 is 5.91 Å². The monoisotopic (exact) mass is 275 g/mol. The van der Waals surface area contributed by atoms with Gasteiger partial charge in [-0.25, -0.2) is 0 Å². The van der Waals surface area contributed by atoms with Gasteiger partial charge in [0.25, 0.3) is 0 Å². The van der Waals surface area contributed by atoms with E-state index < -0.39 is 5.54 Å². The van der Waals surface area contributed by atoms with Crippen molar-refractivity contribution in [3.8, 4) is 0 Å². The van der Waals surface area contributed by atoms with E-state index in [2.05, 4.69) is 42.3 Å². The van der Waals surface area contributed by atoms with Crippen molar-refractivity contribution in [2.75, 3.05) is 13.1 Å². The van der Waals surface area contributed by atoms with E-state index in [4.69, 9.17) is 5.73 Å². The molecule has 0 saturated heterocycles. The average molecular weight is 275 g/mol. The van der Waals surface area contributed by atoms with Crippen LogP contribution in [0.5, 0.6) is 0 Å². The fourth-order valence-electron chi connectivity index (χ4n) is 2.26. The van der Waals surface area contributed by atoms with Gasteiger partial charge >= 0.3 is 0 Å². The Labute approximate surface area is 121 Å². The largest absolute Gasteiger partial charge is 0.350 e. The molecule has 0 aromatic heterocycles. The van der Waals surface area contributed by atoms with E-state index >= 15 is 0 Å². The molecule has 0 aliphatic heterocycles. The zero-order valence-corrected chi connectivity index (χ0v) is 12.5. The average Bonchev–Trinajstić information content (AvgIpc) is 3.22. The summed E-state index contributed by atoms with van der Waals surface area (Å²) in [6, 6.07) is 8.39. The van der Waals surface area contributed by atoms with Crippen LogP contribution in [0.1, 0.15) is 37.8 Å². The van der Waals surface area contributed by atoms with Gasteiger partial charge in [0.15, 0.2) is 0 Å². The summed E-state index contributed by atoms with van der Waals surface area (Å²) < 4.78 is 0. The van der Waals surface area contributed by atoms with Crippen molar-refractivity contribution in [1.82, 2.24) is 10.2 Å². The third-order valence-corrected chi connectivity index (χ3v) is 3.99. The number of carbonyl (C=O) groups excluding carboxylic acids is 1. The predicted molar refractivity (Wildman–Crippen MR) is 81.1 cm³/mol. The summed E-state index contributed by atoms with van der Waals surface area (Å²) in [4.78, 5) is 14.2. The maximum Gasteiger partial charge on any atom is 0.240 e. The molecule has 1 aliphatic rings. The summed E-state index contributed by atoms with van der Waals surface area (Å²) in [6.45, 7) is 7.95. The molecular weight excluding hydrogens is 250 g/mol. The first-order valence-corrected chi connectivity index (χ1v) is 7.44.